The summed E-state index contributed by atoms with van der Waals surface area (Å²) >= 11 is 0. The number of Topliss-reactive ketones (excluding diaryl/α,β-unsaturated/α-hetero) is 1. The molecule has 1 saturated heterocycles. The van der Waals surface area contributed by atoms with E-state index in [1.54, 1.807) is 0 Å². The molecule has 3 aromatic carbocycles. The molecule has 4 rings (SSSR count). The number of likely N-dealkylation sites (tertiary alicyclic amines) is 1. The van der Waals surface area contributed by atoms with Crippen molar-refractivity contribution >= 4 is 16.6 Å². The van der Waals surface area contributed by atoms with Crippen LogP contribution < -0.4 is 0 Å². The Morgan fingerprint density at radius 2 is 1.68 bits per heavy atom. The number of benzene rings is 3. The Morgan fingerprint density at radius 3 is 2.56 bits per heavy atom. The Kier molecular flexibility index (Phi) is 4.62. The molecule has 1 fully saturated rings. The fraction of sp³-hybridized carbons (Fsp3) is 0.261. The van der Waals surface area contributed by atoms with E-state index in [1.165, 1.54) is 12.0 Å². The van der Waals surface area contributed by atoms with Crippen LogP contribution in [-0.4, -0.2) is 30.3 Å². The molecule has 0 aromatic heterocycles. The molecule has 1 atom stereocenters. The van der Waals surface area contributed by atoms with Crippen molar-refractivity contribution in [1.29, 1.82) is 0 Å². The standard InChI is InChI=1S/C23H23NO/c25-23(22-12-6-10-19-9-4-5-11-21(19)22)14-16-24-15-13-20(17-24)18-7-2-1-3-8-18/h1-12,20H,13-17H2/t20-/m1/s1. The predicted molar refractivity (Wildman–Crippen MR) is 103 cm³/mol. The third-order valence-corrected chi connectivity index (χ3v) is 5.29. The Bertz CT molecular complexity index is 866. The summed E-state index contributed by atoms with van der Waals surface area (Å²) in [6, 6.07) is 24.9. The van der Waals surface area contributed by atoms with E-state index in [0.717, 1.165) is 36.0 Å². The van der Waals surface area contributed by atoms with E-state index < -0.39 is 0 Å². The zero-order valence-electron chi connectivity index (χ0n) is 14.4. The van der Waals surface area contributed by atoms with Gasteiger partial charge >= 0.3 is 0 Å². The van der Waals surface area contributed by atoms with Crippen LogP contribution in [0.5, 0.6) is 0 Å². The van der Waals surface area contributed by atoms with Gasteiger partial charge in [0.25, 0.3) is 0 Å². The number of hydrogen-bond acceptors (Lipinski definition) is 2. The van der Waals surface area contributed by atoms with Gasteiger partial charge in [-0.3, -0.25) is 4.79 Å². The fourth-order valence-corrected chi connectivity index (χ4v) is 3.90. The molecule has 0 unspecified atom stereocenters. The quantitative estimate of drug-likeness (QED) is 0.620. The summed E-state index contributed by atoms with van der Waals surface area (Å²) in [4.78, 5) is 15.2. The minimum atomic E-state index is 0.250. The van der Waals surface area contributed by atoms with Gasteiger partial charge in [-0.05, 0) is 35.2 Å². The second-order valence-corrected chi connectivity index (χ2v) is 6.90. The van der Waals surface area contributed by atoms with Gasteiger partial charge in [-0.2, -0.15) is 0 Å². The molecule has 25 heavy (non-hydrogen) atoms. The Morgan fingerprint density at radius 1 is 0.920 bits per heavy atom. The number of rotatable bonds is 5. The highest BCUT2D eigenvalue weighted by atomic mass is 16.1. The molecular weight excluding hydrogens is 306 g/mol. The highest BCUT2D eigenvalue weighted by molar-refractivity contribution is 6.08. The van der Waals surface area contributed by atoms with Gasteiger partial charge in [0.15, 0.2) is 5.78 Å². The van der Waals surface area contributed by atoms with Crippen LogP contribution in [0.15, 0.2) is 72.8 Å². The van der Waals surface area contributed by atoms with Gasteiger partial charge in [-0.1, -0.05) is 72.8 Å². The average Bonchev–Trinajstić information content (AvgIpc) is 3.15. The topological polar surface area (TPSA) is 20.3 Å². The molecule has 0 spiro atoms. The predicted octanol–water partition coefficient (Wildman–Crippen LogP) is 4.90. The second kappa shape index (κ2) is 7.20. The van der Waals surface area contributed by atoms with Crippen molar-refractivity contribution in [3.05, 3.63) is 83.9 Å². The van der Waals surface area contributed by atoms with Crippen LogP contribution in [0.3, 0.4) is 0 Å². The van der Waals surface area contributed by atoms with Crippen molar-refractivity contribution in [3.63, 3.8) is 0 Å². The molecule has 0 saturated carbocycles. The number of carbonyl (C=O) groups excluding carboxylic acids is 1. The van der Waals surface area contributed by atoms with Gasteiger partial charge in [0.2, 0.25) is 0 Å². The molecular formula is C23H23NO. The first-order chi connectivity index (χ1) is 12.3. The van der Waals surface area contributed by atoms with Gasteiger partial charge < -0.3 is 4.90 Å². The lowest BCUT2D eigenvalue weighted by molar-refractivity contribution is 0.0970. The van der Waals surface area contributed by atoms with E-state index in [-0.39, 0.29) is 5.78 Å². The zero-order chi connectivity index (χ0) is 17.1. The summed E-state index contributed by atoms with van der Waals surface area (Å²) in [5.74, 6) is 0.855. The molecule has 1 aliphatic rings. The molecule has 0 amide bonds. The normalized spacial score (nSPS) is 17.8. The van der Waals surface area contributed by atoms with Crippen molar-refractivity contribution < 1.29 is 4.79 Å². The van der Waals surface area contributed by atoms with Crippen LogP contribution in [0.2, 0.25) is 0 Å². The average molecular weight is 329 g/mol. The zero-order valence-corrected chi connectivity index (χ0v) is 14.4. The number of nitrogens with zero attached hydrogens (tertiary/aromatic N) is 1. The number of fused-ring (bicyclic) bond motifs is 1. The molecule has 0 bridgehead atoms. The van der Waals surface area contributed by atoms with E-state index in [9.17, 15) is 4.79 Å². The minimum Gasteiger partial charge on any atom is -0.302 e. The fourth-order valence-electron chi connectivity index (χ4n) is 3.90. The van der Waals surface area contributed by atoms with Crippen LogP contribution in [0.1, 0.15) is 34.7 Å². The monoisotopic (exact) mass is 329 g/mol. The molecule has 2 nitrogen and oxygen atoms in total. The molecule has 1 aliphatic heterocycles. The number of ketones is 1. The summed E-state index contributed by atoms with van der Waals surface area (Å²) in [5.41, 5.74) is 2.28. The van der Waals surface area contributed by atoms with Crippen molar-refractivity contribution in [2.75, 3.05) is 19.6 Å². The van der Waals surface area contributed by atoms with Gasteiger partial charge in [-0.25, -0.2) is 0 Å². The van der Waals surface area contributed by atoms with E-state index in [0.29, 0.717) is 12.3 Å². The molecule has 0 N–H and O–H groups in total. The second-order valence-electron chi connectivity index (χ2n) is 6.90. The maximum absolute atomic E-state index is 12.7. The van der Waals surface area contributed by atoms with Crippen molar-refractivity contribution in [2.24, 2.45) is 0 Å². The first-order valence-electron chi connectivity index (χ1n) is 9.09. The maximum Gasteiger partial charge on any atom is 0.164 e. The Labute approximate surface area is 149 Å². The molecule has 0 radical (unpaired) electrons. The molecule has 2 heteroatoms. The van der Waals surface area contributed by atoms with Gasteiger partial charge in [0.05, 0.1) is 0 Å². The Hall–Kier alpha value is -2.45. The molecule has 3 aromatic rings. The van der Waals surface area contributed by atoms with E-state index in [1.807, 2.05) is 30.3 Å². The van der Waals surface area contributed by atoms with E-state index in [2.05, 4.69) is 47.4 Å². The van der Waals surface area contributed by atoms with Crippen LogP contribution in [0.25, 0.3) is 10.8 Å². The smallest absolute Gasteiger partial charge is 0.164 e. The summed E-state index contributed by atoms with van der Waals surface area (Å²) in [6.07, 6.45) is 1.78. The SMILES string of the molecule is O=C(CCN1CC[C@@H](c2ccccc2)C1)c1cccc2ccccc12. The minimum absolute atomic E-state index is 0.250. The highest BCUT2D eigenvalue weighted by Crippen LogP contribution is 2.27. The third-order valence-electron chi connectivity index (χ3n) is 5.29. The summed E-state index contributed by atoms with van der Waals surface area (Å²) in [5, 5.41) is 2.21. The van der Waals surface area contributed by atoms with Crippen LogP contribution in [0, 0.1) is 0 Å². The lowest BCUT2D eigenvalue weighted by Crippen LogP contribution is -2.23. The van der Waals surface area contributed by atoms with E-state index >= 15 is 0 Å². The first kappa shape index (κ1) is 16.0. The number of carbonyl (C=O) groups is 1. The third kappa shape index (κ3) is 3.49. The summed E-state index contributed by atoms with van der Waals surface area (Å²) < 4.78 is 0. The summed E-state index contributed by atoms with van der Waals surface area (Å²) in [6.45, 7) is 3.00. The van der Waals surface area contributed by atoms with Crippen molar-refractivity contribution in [3.8, 4) is 0 Å². The molecule has 126 valence electrons. The van der Waals surface area contributed by atoms with Crippen molar-refractivity contribution in [2.45, 2.75) is 18.8 Å². The summed E-state index contributed by atoms with van der Waals surface area (Å²) in [7, 11) is 0. The first-order valence-corrected chi connectivity index (χ1v) is 9.09. The van der Waals surface area contributed by atoms with Crippen LogP contribution >= 0.6 is 0 Å². The van der Waals surface area contributed by atoms with E-state index in [4.69, 9.17) is 0 Å². The molecule has 0 aliphatic carbocycles. The highest BCUT2D eigenvalue weighted by Gasteiger charge is 2.24. The maximum atomic E-state index is 12.7. The largest absolute Gasteiger partial charge is 0.302 e. The van der Waals surface area contributed by atoms with Gasteiger partial charge in [-0.15, -0.1) is 0 Å². The Balaban J connectivity index is 1.39. The van der Waals surface area contributed by atoms with Gasteiger partial charge in [0.1, 0.15) is 0 Å². The van der Waals surface area contributed by atoms with Crippen LogP contribution in [-0.2, 0) is 0 Å². The molecule has 1 heterocycles. The van der Waals surface area contributed by atoms with Crippen LogP contribution in [0.4, 0.5) is 0 Å². The van der Waals surface area contributed by atoms with Crippen molar-refractivity contribution in [1.82, 2.24) is 4.90 Å². The van der Waals surface area contributed by atoms with Gasteiger partial charge in [0, 0.05) is 25.1 Å². The number of hydrogen-bond donors (Lipinski definition) is 0. The lowest BCUT2D eigenvalue weighted by Gasteiger charge is -2.16. The lowest BCUT2D eigenvalue weighted by atomic mass is 9.99.